The van der Waals surface area contributed by atoms with Crippen molar-refractivity contribution < 1.29 is 13.9 Å². The molecule has 6 aromatic carbocycles. The summed E-state index contributed by atoms with van der Waals surface area (Å²) in [6, 6.07) is 51.4. The smallest absolute Gasteiger partial charge is 0.321 e. The minimum atomic E-state index is -0.849. The summed E-state index contributed by atoms with van der Waals surface area (Å²) < 4.78 is 12.7. The third-order valence-corrected chi connectivity index (χ3v) is 17.0. The number of para-hydroxylation sites is 2. The van der Waals surface area contributed by atoms with E-state index < -0.39 is 11.1 Å². The molecule has 16 rings (SSSR count). The Kier molecular flexibility index (Phi) is 5.05. The van der Waals surface area contributed by atoms with Crippen molar-refractivity contribution in [2.24, 2.45) is 0 Å². The monoisotopic (exact) mass is 798 g/mol. The molecule has 294 valence electrons. The Morgan fingerprint density at radius 3 is 1.32 bits per heavy atom. The van der Waals surface area contributed by atoms with Crippen molar-refractivity contribution in [2.45, 2.75) is 68.9 Å². The Hall–Kier alpha value is -6.98. The number of aromatic nitrogens is 2. The number of benzene rings is 6. The van der Waals surface area contributed by atoms with Gasteiger partial charge in [0, 0.05) is 49.6 Å². The van der Waals surface area contributed by atoms with Gasteiger partial charge < -0.3 is 4.74 Å². The molecule has 0 amide bonds. The van der Waals surface area contributed by atoms with Crippen molar-refractivity contribution in [3.8, 4) is 22.6 Å². The van der Waals surface area contributed by atoms with Gasteiger partial charge in [-0.1, -0.05) is 139 Å². The SMILES string of the molecule is CC1(C)c2cccc3c2N2c4c1ccc1c4C4(c5c(ccc6c5N5c7c(cccc7C7(c8ccccc8-c8ccccc87)c7ccc[n+]4c75)C6(C)C)O1)[n+]1cccc(c12)C3(C)C. The number of hydrogen-bond acceptors (Lipinski definition) is 3. The summed E-state index contributed by atoms with van der Waals surface area (Å²) in [5.41, 5.74) is 21.3. The van der Waals surface area contributed by atoms with Crippen LogP contribution >= 0.6 is 0 Å². The summed E-state index contributed by atoms with van der Waals surface area (Å²) in [6.45, 7) is 14.6. The molecule has 9 heterocycles. The molecule has 0 bridgehead atoms. The lowest BCUT2D eigenvalue weighted by molar-refractivity contribution is -0.963. The lowest BCUT2D eigenvalue weighted by Gasteiger charge is -2.54. The predicted octanol–water partition coefficient (Wildman–Crippen LogP) is 11.8. The molecule has 1 aliphatic carbocycles. The Morgan fingerprint density at radius 1 is 0.371 bits per heavy atom. The van der Waals surface area contributed by atoms with Gasteiger partial charge in [-0.3, -0.25) is 0 Å². The first-order valence-corrected chi connectivity index (χ1v) is 22.3. The molecular formula is C57H42N4O+2. The van der Waals surface area contributed by atoms with Gasteiger partial charge in [0.05, 0.1) is 28.9 Å². The predicted molar refractivity (Wildman–Crippen MR) is 242 cm³/mol. The van der Waals surface area contributed by atoms with E-state index in [1.807, 2.05) is 0 Å². The summed E-state index contributed by atoms with van der Waals surface area (Å²) in [5.74, 6) is 4.29. The fourth-order valence-corrected chi connectivity index (χ4v) is 14.5. The maximum Gasteiger partial charge on any atom is 0.321 e. The van der Waals surface area contributed by atoms with Gasteiger partial charge in [-0.15, -0.1) is 0 Å². The van der Waals surface area contributed by atoms with Crippen LogP contribution < -0.4 is 23.7 Å². The molecular weight excluding hydrogens is 757 g/mol. The van der Waals surface area contributed by atoms with E-state index in [0.717, 1.165) is 11.5 Å². The second-order valence-corrected chi connectivity index (χ2v) is 20.5. The Bertz CT molecular complexity index is 3490. The average Bonchev–Trinajstić information content (AvgIpc) is 3.58. The Morgan fingerprint density at radius 2 is 0.774 bits per heavy atom. The van der Waals surface area contributed by atoms with E-state index in [1.165, 1.54) is 112 Å². The number of rotatable bonds is 0. The van der Waals surface area contributed by atoms with Crippen LogP contribution in [0.1, 0.15) is 108 Å². The van der Waals surface area contributed by atoms with Crippen LogP contribution in [0, 0.1) is 0 Å². The standard InChI is InChI=1S/C57H42N4O/c1-53(2)35-19-11-20-36-47(35)60-49-38(53)25-27-43-45(49)57(58-29-13-23-41(51(58)60)55(36,5)6)46-44(62-43)28-26-39-50(46)61-48-37(54(39,3)4)21-12-22-40(48)56(42-24-14-30-59(57)52(42)61)33-17-9-7-15-31(33)32-16-8-10-18-34(32)56/h7-30H,1-6H3/q+2. The molecule has 0 saturated heterocycles. The van der Waals surface area contributed by atoms with E-state index >= 15 is 0 Å². The first kappa shape index (κ1) is 32.7. The van der Waals surface area contributed by atoms with Crippen LogP contribution in [0.2, 0.25) is 0 Å². The van der Waals surface area contributed by atoms with E-state index in [2.05, 4.69) is 206 Å². The van der Waals surface area contributed by atoms with Crippen LogP contribution in [0.5, 0.6) is 11.5 Å². The summed E-state index contributed by atoms with van der Waals surface area (Å²) in [7, 11) is 0. The average molecular weight is 799 g/mol. The number of ether oxygens (including phenoxy) is 1. The van der Waals surface area contributed by atoms with Crippen molar-refractivity contribution in [1.29, 1.82) is 0 Å². The summed E-state index contributed by atoms with van der Waals surface area (Å²) >= 11 is 0. The molecule has 1 atom stereocenters. The zero-order chi connectivity index (χ0) is 41.2. The van der Waals surface area contributed by atoms with E-state index in [9.17, 15) is 0 Å². The molecule has 1 unspecified atom stereocenters. The van der Waals surface area contributed by atoms with E-state index in [1.54, 1.807) is 0 Å². The maximum absolute atomic E-state index is 7.39. The van der Waals surface area contributed by atoms with Crippen LogP contribution in [0.3, 0.4) is 0 Å². The van der Waals surface area contributed by atoms with Crippen LogP contribution in [-0.4, -0.2) is 0 Å². The molecule has 0 saturated carbocycles. The maximum atomic E-state index is 7.39. The lowest BCUT2D eigenvalue weighted by atomic mass is 9.60. The number of hydrogen-bond donors (Lipinski definition) is 0. The topological polar surface area (TPSA) is 23.5 Å². The normalized spacial score (nSPS) is 21.1. The molecule has 62 heavy (non-hydrogen) atoms. The molecule has 5 nitrogen and oxygen atoms in total. The van der Waals surface area contributed by atoms with Crippen molar-refractivity contribution >= 4 is 34.4 Å². The van der Waals surface area contributed by atoms with Crippen molar-refractivity contribution in [3.05, 3.63) is 213 Å². The van der Waals surface area contributed by atoms with Crippen LogP contribution in [0.25, 0.3) is 11.1 Å². The second kappa shape index (κ2) is 9.56. The molecule has 2 spiro atoms. The first-order chi connectivity index (χ1) is 30.1. The molecule has 8 aliphatic rings. The zero-order valence-corrected chi connectivity index (χ0v) is 35.6. The van der Waals surface area contributed by atoms with Gasteiger partial charge in [0.25, 0.3) is 11.6 Å². The number of nitrogens with zero attached hydrogens (tertiary/aromatic N) is 4. The van der Waals surface area contributed by atoms with Gasteiger partial charge >= 0.3 is 5.66 Å². The Balaban J connectivity index is 1.17. The highest BCUT2D eigenvalue weighted by atomic mass is 16.5. The van der Waals surface area contributed by atoms with Crippen molar-refractivity contribution in [1.82, 2.24) is 0 Å². The molecule has 0 radical (unpaired) electrons. The van der Waals surface area contributed by atoms with Crippen LogP contribution in [0.4, 0.5) is 34.4 Å². The molecule has 7 aliphatic heterocycles. The second-order valence-electron chi connectivity index (χ2n) is 20.5. The highest BCUT2D eigenvalue weighted by molar-refractivity contribution is 6.01. The zero-order valence-electron chi connectivity index (χ0n) is 35.6. The molecule has 2 aromatic heterocycles. The van der Waals surface area contributed by atoms with Crippen molar-refractivity contribution in [3.63, 3.8) is 0 Å². The van der Waals surface area contributed by atoms with Gasteiger partial charge in [0.1, 0.15) is 34.0 Å². The molecule has 0 N–H and O–H groups in total. The molecule has 5 heteroatoms. The third kappa shape index (κ3) is 2.94. The number of pyridine rings is 2. The van der Waals surface area contributed by atoms with Crippen LogP contribution in [0.15, 0.2) is 146 Å². The first-order valence-electron chi connectivity index (χ1n) is 22.3. The number of fused-ring (bicyclic) bond motifs is 7. The van der Waals surface area contributed by atoms with Gasteiger partial charge in [-0.2, -0.15) is 18.9 Å². The highest BCUT2D eigenvalue weighted by Crippen LogP contribution is 2.72. The highest BCUT2D eigenvalue weighted by Gasteiger charge is 2.73. The van der Waals surface area contributed by atoms with Gasteiger partial charge in [-0.05, 0) is 58.7 Å². The number of anilines is 6. The molecule has 0 fully saturated rings. The third-order valence-electron chi connectivity index (χ3n) is 17.0. The quantitative estimate of drug-likeness (QED) is 0.143. The van der Waals surface area contributed by atoms with E-state index in [0.29, 0.717) is 0 Å². The Labute approximate surface area is 360 Å². The van der Waals surface area contributed by atoms with E-state index in [-0.39, 0.29) is 16.2 Å². The van der Waals surface area contributed by atoms with E-state index in [4.69, 9.17) is 4.74 Å². The summed E-state index contributed by atoms with van der Waals surface area (Å²) in [6.07, 6.45) is 4.77. The summed E-state index contributed by atoms with van der Waals surface area (Å²) in [4.78, 5) is 5.32. The molecule has 8 aromatic rings. The van der Waals surface area contributed by atoms with Gasteiger partial charge in [-0.25, -0.2) is 0 Å². The largest absolute Gasteiger partial charge is 0.456 e. The van der Waals surface area contributed by atoms with Crippen LogP contribution in [-0.2, 0) is 27.3 Å². The van der Waals surface area contributed by atoms with Gasteiger partial charge in [0.15, 0.2) is 11.4 Å². The fourth-order valence-electron chi connectivity index (χ4n) is 14.5. The van der Waals surface area contributed by atoms with Crippen molar-refractivity contribution in [2.75, 3.05) is 9.80 Å². The minimum absolute atomic E-state index is 0.262. The summed E-state index contributed by atoms with van der Waals surface area (Å²) in [5, 5.41) is 0. The fraction of sp³-hybridized carbons (Fsp3) is 0.193. The van der Waals surface area contributed by atoms with Gasteiger partial charge in [0.2, 0.25) is 0 Å². The lowest BCUT2D eigenvalue weighted by Crippen LogP contribution is -2.80. The minimum Gasteiger partial charge on any atom is -0.456 e.